The molecule has 0 fully saturated rings. The second-order valence-corrected chi connectivity index (χ2v) is 4.63. The van der Waals surface area contributed by atoms with Crippen molar-refractivity contribution in [1.82, 2.24) is 15.1 Å². The maximum absolute atomic E-state index is 6.15. The highest BCUT2D eigenvalue weighted by Gasteiger charge is 2.28. The molecule has 2 aromatic rings. The van der Waals surface area contributed by atoms with Crippen molar-refractivity contribution in [3.05, 3.63) is 30.4 Å². The van der Waals surface area contributed by atoms with Crippen LogP contribution in [0.1, 0.15) is 26.1 Å². The quantitative estimate of drug-likeness (QED) is 0.798. The van der Waals surface area contributed by atoms with Gasteiger partial charge in [-0.05, 0) is 25.5 Å². The number of nitrogens with two attached hydrogens (primary N) is 1. The van der Waals surface area contributed by atoms with Gasteiger partial charge in [0.25, 0.3) is 5.89 Å². The van der Waals surface area contributed by atoms with Crippen LogP contribution >= 0.6 is 0 Å². The number of ether oxygens (including phenoxy) is 1. The molecular weight excluding hydrogens is 244 g/mol. The maximum atomic E-state index is 6.15. The molecule has 0 spiro atoms. The third-order valence-electron chi connectivity index (χ3n) is 2.61. The van der Waals surface area contributed by atoms with Crippen LogP contribution in [0.15, 0.2) is 29.0 Å². The summed E-state index contributed by atoms with van der Waals surface area (Å²) in [6.07, 6.45) is 4.29. The third kappa shape index (κ3) is 3.36. The molecule has 0 radical (unpaired) electrons. The van der Waals surface area contributed by atoms with E-state index >= 15 is 0 Å². The largest absolute Gasteiger partial charge is 0.379 e. The molecule has 2 heterocycles. The van der Waals surface area contributed by atoms with Crippen LogP contribution in [-0.2, 0) is 10.3 Å². The lowest BCUT2D eigenvalue weighted by atomic mass is 10.1. The fourth-order valence-corrected chi connectivity index (χ4v) is 1.56. The summed E-state index contributed by atoms with van der Waals surface area (Å²) in [5, 5.41) is 3.93. The molecule has 0 aliphatic carbocycles. The van der Waals surface area contributed by atoms with Gasteiger partial charge < -0.3 is 15.0 Å². The molecule has 2 rings (SSSR count). The van der Waals surface area contributed by atoms with Crippen LogP contribution in [0.5, 0.6) is 0 Å². The normalized spacial score (nSPS) is 14.3. The van der Waals surface area contributed by atoms with E-state index in [4.69, 9.17) is 15.0 Å². The van der Waals surface area contributed by atoms with Gasteiger partial charge in [0.2, 0.25) is 0 Å². The number of hydrogen-bond acceptors (Lipinski definition) is 6. The first-order valence-electron chi connectivity index (χ1n) is 6.24. The van der Waals surface area contributed by atoms with Gasteiger partial charge in [0.1, 0.15) is 5.54 Å². The Balaban J connectivity index is 2.12. The van der Waals surface area contributed by atoms with Crippen molar-refractivity contribution in [2.24, 2.45) is 5.73 Å². The van der Waals surface area contributed by atoms with Gasteiger partial charge in [0.15, 0.2) is 5.82 Å². The van der Waals surface area contributed by atoms with Gasteiger partial charge in [-0.1, -0.05) is 12.1 Å². The third-order valence-corrected chi connectivity index (χ3v) is 2.61. The van der Waals surface area contributed by atoms with Crippen LogP contribution in [-0.4, -0.2) is 28.3 Å². The number of aromatic nitrogens is 3. The number of rotatable bonds is 6. The van der Waals surface area contributed by atoms with Crippen molar-refractivity contribution >= 4 is 0 Å². The number of hydrogen-bond donors (Lipinski definition) is 1. The van der Waals surface area contributed by atoms with Gasteiger partial charge in [-0.25, -0.2) is 0 Å². The van der Waals surface area contributed by atoms with Crippen molar-refractivity contribution in [2.75, 3.05) is 13.2 Å². The van der Waals surface area contributed by atoms with Gasteiger partial charge in [-0.2, -0.15) is 4.98 Å². The van der Waals surface area contributed by atoms with Gasteiger partial charge >= 0.3 is 0 Å². The first-order chi connectivity index (χ1) is 9.13. The van der Waals surface area contributed by atoms with E-state index in [1.807, 2.05) is 13.8 Å². The second kappa shape index (κ2) is 5.90. The van der Waals surface area contributed by atoms with Crippen molar-refractivity contribution in [3.8, 4) is 11.5 Å². The lowest BCUT2D eigenvalue weighted by Crippen LogP contribution is -2.39. The summed E-state index contributed by atoms with van der Waals surface area (Å²) in [7, 11) is 0. The van der Waals surface area contributed by atoms with Crippen LogP contribution in [0, 0.1) is 0 Å². The Hall–Kier alpha value is -1.79. The SMILES string of the molecule is CCCOCC(C)(N)c1noc(-c2ccncc2)n1. The second-order valence-electron chi connectivity index (χ2n) is 4.63. The van der Waals surface area contributed by atoms with Gasteiger partial charge in [0, 0.05) is 24.6 Å². The van der Waals surface area contributed by atoms with Gasteiger partial charge in [0.05, 0.1) is 6.61 Å². The fourth-order valence-electron chi connectivity index (χ4n) is 1.56. The fraction of sp³-hybridized carbons (Fsp3) is 0.462. The van der Waals surface area contributed by atoms with Crippen molar-refractivity contribution in [2.45, 2.75) is 25.8 Å². The molecule has 0 bridgehead atoms. The Morgan fingerprint density at radius 2 is 2.11 bits per heavy atom. The van der Waals surface area contributed by atoms with E-state index in [1.165, 1.54) is 0 Å². The molecule has 0 saturated heterocycles. The van der Waals surface area contributed by atoms with E-state index in [0.29, 0.717) is 24.9 Å². The van der Waals surface area contributed by atoms with Crippen LogP contribution in [0.4, 0.5) is 0 Å². The van der Waals surface area contributed by atoms with Crippen LogP contribution in [0.3, 0.4) is 0 Å². The summed E-state index contributed by atoms with van der Waals surface area (Å²) in [4.78, 5) is 8.26. The van der Waals surface area contributed by atoms with Crippen LogP contribution < -0.4 is 5.73 Å². The average molecular weight is 262 g/mol. The minimum atomic E-state index is -0.760. The van der Waals surface area contributed by atoms with Crippen molar-refractivity contribution in [3.63, 3.8) is 0 Å². The number of nitrogens with zero attached hydrogens (tertiary/aromatic N) is 3. The zero-order valence-electron chi connectivity index (χ0n) is 11.2. The molecule has 1 unspecified atom stereocenters. The molecule has 102 valence electrons. The van der Waals surface area contributed by atoms with Crippen molar-refractivity contribution < 1.29 is 9.26 Å². The molecule has 0 aliphatic heterocycles. The Kier molecular flexibility index (Phi) is 4.24. The molecule has 6 heteroatoms. The highest BCUT2D eigenvalue weighted by Crippen LogP contribution is 2.20. The highest BCUT2D eigenvalue weighted by molar-refractivity contribution is 5.51. The molecule has 19 heavy (non-hydrogen) atoms. The lowest BCUT2D eigenvalue weighted by molar-refractivity contribution is 0.0867. The minimum absolute atomic E-state index is 0.357. The topological polar surface area (TPSA) is 87.1 Å². The summed E-state index contributed by atoms with van der Waals surface area (Å²) >= 11 is 0. The molecule has 0 amide bonds. The smallest absolute Gasteiger partial charge is 0.258 e. The van der Waals surface area contributed by atoms with Crippen molar-refractivity contribution in [1.29, 1.82) is 0 Å². The Labute approximate surface area is 112 Å². The van der Waals surface area contributed by atoms with E-state index in [0.717, 1.165) is 12.0 Å². The number of pyridine rings is 1. The Bertz CT molecular complexity index is 510. The molecule has 2 aromatic heterocycles. The minimum Gasteiger partial charge on any atom is -0.379 e. The molecule has 6 nitrogen and oxygen atoms in total. The molecule has 0 aromatic carbocycles. The van der Waals surface area contributed by atoms with Crippen LogP contribution in [0.2, 0.25) is 0 Å². The Morgan fingerprint density at radius 3 is 2.79 bits per heavy atom. The highest BCUT2D eigenvalue weighted by atomic mass is 16.5. The monoisotopic (exact) mass is 262 g/mol. The van der Waals surface area contributed by atoms with E-state index < -0.39 is 5.54 Å². The maximum Gasteiger partial charge on any atom is 0.258 e. The summed E-state index contributed by atoms with van der Waals surface area (Å²) < 4.78 is 10.7. The first-order valence-corrected chi connectivity index (χ1v) is 6.24. The zero-order chi connectivity index (χ0) is 13.7. The summed E-state index contributed by atoms with van der Waals surface area (Å²) in [6.45, 7) is 4.89. The predicted octanol–water partition coefficient (Wildman–Crippen LogP) is 1.73. The van der Waals surface area contributed by atoms with E-state index in [2.05, 4.69) is 15.1 Å². The lowest BCUT2D eigenvalue weighted by Gasteiger charge is -2.19. The Morgan fingerprint density at radius 1 is 1.37 bits per heavy atom. The zero-order valence-corrected chi connectivity index (χ0v) is 11.2. The van der Waals surface area contributed by atoms with Crippen LogP contribution in [0.25, 0.3) is 11.5 Å². The van der Waals surface area contributed by atoms with E-state index in [9.17, 15) is 0 Å². The summed E-state index contributed by atoms with van der Waals surface area (Å²) in [5.41, 5.74) is 6.21. The van der Waals surface area contributed by atoms with E-state index in [1.54, 1.807) is 24.5 Å². The molecular formula is C13H18N4O2. The first kappa shape index (κ1) is 13.6. The molecule has 0 saturated carbocycles. The average Bonchev–Trinajstić information content (AvgIpc) is 2.90. The summed E-state index contributed by atoms with van der Waals surface area (Å²) in [6, 6.07) is 3.61. The van der Waals surface area contributed by atoms with Gasteiger partial charge in [-0.3, -0.25) is 4.98 Å². The molecule has 0 aliphatic rings. The standard InChI is InChI=1S/C13H18N4O2/c1-3-8-18-9-13(2,14)12-16-11(19-17-12)10-4-6-15-7-5-10/h4-7H,3,8-9,14H2,1-2H3. The summed E-state index contributed by atoms with van der Waals surface area (Å²) in [5.74, 6) is 0.875. The predicted molar refractivity (Wildman–Crippen MR) is 70.2 cm³/mol. The van der Waals surface area contributed by atoms with E-state index in [-0.39, 0.29) is 0 Å². The molecule has 1 atom stereocenters. The van der Waals surface area contributed by atoms with Gasteiger partial charge in [-0.15, -0.1) is 0 Å². The molecule has 2 N–H and O–H groups in total.